The van der Waals surface area contributed by atoms with Crippen molar-refractivity contribution in [2.24, 2.45) is 5.73 Å². The molecule has 0 saturated heterocycles. The monoisotopic (exact) mass is 265 g/mol. The second-order valence-electron chi connectivity index (χ2n) is 4.53. The fraction of sp³-hybridized carbons (Fsp3) is 0.125. The molecular weight excluding hydrogens is 250 g/mol. The van der Waals surface area contributed by atoms with Crippen LogP contribution in [0.15, 0.2) is 48.5 Å². The summed E-state index contributed by atoms with van der Waals surface area (Å²) < 4.78 is 0. The molecule has 2 aromatic rings. The third-order valence-electron chi connectivity index (χ3n) is 3.08. The maximum absolute atomic E-state index is 11.7. The van der Waals surface area contributed by atoms with Crippen LogP contribution in [0.4, 0.5) is 5.69 Å². The highest BCUT2D eigenvalue weighted by Crippen LogP contribution is 2.22. The molecule has 0 bridgehead atoms. The molecule has 0 aliphatic heterocycles. The van der Waals surface area contributed by atoms with E-state index >= 15 is 0 Å². The Kier molecular flexibility index (Phi) is 4.02. The van der Waals surface area contributed by atoms with Crippen LogP contribution in [0.3, 0.4) is 0 Å². The zero-order valence-corrected chi connectivity index (χ0v) is 11.1. The number of para-hydroxylation sites is 1. The van der Waals surface area contributed by atoms with Gasteiger partial charge in [-0.15, -0.1) is 0 Å². The van der Waals surface area contributed by atoms with Gasteiger partial charge in [-0.2, -0.15) is 5.26 Å². The molecule has 1 amide bonds. The number of hydrogen-bond donors (Lipinski definition) is 2. The van der Waals surface area contributed by atoms with E-state index in [1.54, 1.807) is 24.3 Å². The number of aryl methyl sites for hydroxylation is 1. The fourth-order valence-corrected chi connectivity index (χ4v) is 2.00. The van der Waals surface area contributed by atoms with Crippen LogP contribution in [0.25, 0.3) is 0 Å². The number of nitriles is 1. The van der Waals surface area contributed by atoms with E-state index in [1.807, 2.05) is 31.2 Å². The Bertz CT molecular complexity index is 673. The molecule has 3 N–H and O–H groups in total. The van der Waals surface area contributed by atoms with Gasteiger partial charge in [-0.3, -0.25) is 4.79 Å². The summed E-state index contributed by atoms with van der Waals surface area (Å²) in [6, 6.07) is 15.9. The van der Waals surface area contributed by atoms with Gasteiger partial charge in [0.1, 0.15) is 6.04 Å². The molecule has 0 aliphatic rings. The summed E-state index contributed by atoms with van der Waals surface area (Å²) in [5.41, 5.74) is 8.52. The molecule has 2 rings (SSSR count). The standard InChI is InChI=1S/C16H15N3O/c1-11-5-2-3-8-14(11)19-15(16(18)20)13-7-4-6-12(9-13)10-17/h2-9,15,19H,1H3,(H2,18,20). The molecule has 0 radical (unpaired) electrons. The Labute approximate surface area is 117 Å². The first-order valence-electron chi connectivity index (χ1n) is 6.23. The molecule has 1 atom stereocenters. The van der Waals surface area contributed by atoms with Crippen LogP contribution in [-0.2, 0) is 4.79 Å². The van der Waals surface area contributed by atoms with Crippen molar-refractivity contribution >= 4 is 11.6 Å². The topological polar surface area (TPSA) is 78.9 Å². The van der Waals surface area contributed by atoms with Crippen molar-refractivity contribution in [3.8, 4) is 6.07 Å². The summed E-state index contributed by atoms with van der Waals surface area (Å²) in [6.45, 7) is 1.95. The number of nitrogens with one attached hydrogen (secondary N) is 1. The van der Waals surface area contributed by atoms with Crippen molar-refractivity contribution in [1.29, 1.82) is 5.26 Å². The Hall–Kier alpha value is -2.80. The number of primary amides is 1. The van der Waals surface area contributed by atoms with Gasteiger partial charge in [-0.25, -0.2) is 0 Å². The van der Waals surface area contributed by atoms with Crippen LogP contribution in [-0.4, -0.2) is 5.91 Å². The number of carbonyl (C=O) groups excluding carboxylic acids is 1. The van der Waals surface area contributed by atoms with Gasteiger partial charge in [0.25, 0.3) is 0 Å². The average Bonchev–Trinajstić information content (AvgIpc) is 2.46. The fourth-order valence-electron chi connectivity index (χ4n) is 2.00. The minimum Gasteiger partial charge on any atom is -0.370 e. The quantitative estimate of drug-likeness (QED) is 0.891. The second kappa shape index (κ2) is 5.89. The van der Waals surface area contributed by atoms with Crippen molar-refractivity contribution in [3.63, 3.8) is 0 Å². The third-order valence-corrected chi connectivity index (χ3v) is 3.08. The van der Waals surface area contributed by atoms with E-state index in [4.69, 9.17) is 11.0 Å². The highest BCUT2D eigenvalue weighted by molar-refractivity contribution is 5.84. The van der Waals surface area contributed by atoms with Crippen molar-refractivity contribution in [3.05, 3.63) is 65.2 Å². The molecular formula is C16H15N3O. The number of amides is 1. The van der Waals surface area contributed by atoms with Crippen LogP contribution >= 0.6 is 0 Å². The molecule has 0 saturated carbocycles. The predicted molar refractivity (Wildman–Crippen MR) is 77.9 cm³/mol. The van der Waals surface area contributed by atoms with Crippen LogP contribution in [0, 0.1) is 18.3 Å². The number of carbonyl (C=O) groups is 1. The molecule has 0 aliphatic carbocycles. The van der Waals surface area contributed by atoms with Gasteiger partial charge >= 0.3 is 0 Å². The molecule has 20 heavy (non-hydrogen) atoms. The Morgan fingerprint density at radius 3 is 2.65 bits per heavy atom. The summed E-state index contributed by atoms with van der Waals surface area (Å²) in [7, 11) is 0. The largest absolute Gasteiger partial charge is 0.370 e. The van der Waals surface area contributed by atoms with E-state index in [1.165, 1.54) is 0 Å². The van der Waals surface area contributed by atoms with Gasteiger partial charge in [-0.05, 0) is 36.2 Å². The van der Waals surface area contributed by atoms with E-state index < -0.39 is 11.9 Å². The maximum atomic E-state index is 11.7. The number of hydrogen-bond acceptors (Lipinski definition) is 3. The molecule has 2 aromatic carbocycles. The second-order valence-corrected chi connectivity index (χ2v) is 4.53. The Morgan fingerprint density at radius 1 is 1.25 bits per heavy atom. The van der Waals surface area contributed by atoms with E-state index in [-0.39, 0.29) is 0 Å². The first-order valence-corrected chi connectivity index (χ1v) is 6.23. The van der Waals surface area contributed by atoms with Gasteiger partial charge in [0.15, 0.2) is 0 Å². The summed E-state index contributed by atoms with van der Waals surface area (Å²) >= 11 is 0. The molecule has 1 unspecified atom stereocenters. The van der Waals surface area contributed by atoms with E-state index in [2.05, 4.69) is 11.4 Å². The number of rotatable bonds is 4. The first-order chi connectivity index (χ1) is 9.61. The molecule has 0 heterocycles. The zero-order chi connectivity index (χ0) is 14.5. The SMILES string of the molecule is Cc1ccccc1NC(C(N)=O)c1cccc(C#N)c1. The minimum atomic E-state index is -0.663. The van der Waals surface area contributed by atoms with Gasteiger partial charge in [0, 0.05) is 5.69 Å². The van der Waals surface area contributed by atoms with Crippen LogP contribution < -0.4 is 11.1 Å². The van der Waals surface area contributed by atoms with Gasteiger partial charge in [0.05, 0.1) is 11.6 Å². The molecule has 0 spiro atoms. The van der Waals surface area contributed by atoms with Gasteiger partial charge in [-0.1, -0.05) is 30.3 Å². The molecule has 4 heteroatoms. The smallest absolute Gasteiger partial charge is 0.244 e. The Morgan fingerprint density at radius 2 is 2.00 bits per heavy atom. The lowest BCUT2D eigenvalue weighted by atomic mass is 10.0. The summed E-state index contributed by atoms with van der Waals surface area (Å²) in [6.07, 6.45) is 0. The number of nitrogens with zero attached hydrogens (tertiary/aromatic N) is 1. The van der Waals surface area contributed by atoms with Gasteiger partial charge < -0.3 is 11.1 Å². The number of anilines is 1. The zero-order valence-electron chi connectivity index (χ0n) is 11.1. The summed E-state index contributed by atoms with van der Waals surface area (Å²) in [5, 5.41) is 12.1. The van der Waals surface area contributed by atoms with Gasteiger partial charge in [0.2, 0.25) is 5.91 Å². The molecule has 4 nitrogen and oxygen atoms in total. The summed E-state index contributed by atoms with van der Waals surface area (Å²) in [5.74, 6) is -0.483. The van der Waals surface area contributed by atoms with Crippen LogP contribution in [0.1, 0.15) is 22.7 Å². The van der Waals surface area contributed by atoms with Crippen molar-refractivity contribution < 1.29 is 4.79 Å². The van der Waals surface area contributed by atoms with Crippen LogP contribution in [0.2, 0.25) is 0 Å². The normalized spacial score (nSPS) is 11.4. The maximum Gasteiger partial charge on any atom is 0.244 e. The van der Waals surface area contributed by atoms with Crippen molar-refractivity contribution in [2.45, 2.75) is 13.0 Å². The highest BCUT2D eigenvalue weighted by Gasteiger charge is 2.18. The van der Waals surface area contributed by atoms with Crippen LogP contribution in [0.5, 0.6) is 0 Å². The Balaban J connectivity index is 2.35. The third kappa shape index (κ3) is 2.96. The predicted octanol–water partition coefficient (Wildman–Crippen LogP) is 2.51. The molecule has 0 fully saturated rings. The molecule has 100 valence electrons. The van der Waals surface area contributed by atoms with E-state index in [9.17, 15) is 4.79 Å². The lowest BCUT2D eigenvalue weighted by Crippen LogP contribution is -2.28. The average molecular weight is 265 g/mol. The minimum absolute atomic E-state index is 0.483. The van der Waals surface area contributed by atoms with E-state index in [0.29, 0.717) is 11.1 Å². The first kappa shape index (κ1) is 13.6. The van der Waals surface area contributed by atoms with E-state index in [0.717, 1.165) is 11.3 Å². The number of benzene rings is 2. The van der Waals surface area contributed by atoms with Crippen molar-refractivity contribution in [2.75, 3.05) is 5.32 Å². The number of nitrogens with two attached hydrogens (primary N) is 1. The summed E-state index contributed by atoms with van der Waals surface area (Å²) in [4.78, 5) is 11.7. The lowest BCUT2D eigenvalue weighted by Gasteiger charge is -2.18. The molecule has 0 aromatic heterocycles. The lowest BCUT2D eigenvalue weighted by molar-refractivity contribution is -0.118. The van der Waals surface area contributed by atoms with Crippen molar-refractivity contribution in [1.82, 2.24) is 0 Å². The highest BCUT2D eigenvalue weighted by atomic mass is 16.1.